The van der Waals surface area contributed by atoms with Crippen molar-refractivity contribution in [1.82, 2.24) is 10.2 Å². The molecule has 1 N–H and O–H groups in total. The van der Waals surface area contributed by atoms with Gasteiger partial charge < -0.3 is 19.7 Å². The summed E-state index contributed by atoms with van der Waals surface area (Å²) in [5, 5.41) is 2.81. The van der Waals surface area contributed by atoms with E-state index < -0.39 is 6.04 Å². The number of carbonyl (C=O) groups is 2. The molecule has 1 fully saturated rings. The molecule has 0 aliphatic carbocycles. The van der Waals surface area contributed by atoms with Crippen LogP contribution in [0, 0.1) is 0 Å². The molecular weight excluding hydrogens is 284 g/mol. The fraction of sp³-hybridized carbons (Fsp3) is 0.500. The maximum absolute atomic E-state index is 12.4. The van der Waals surface area contributed by atoms with Crippen molar-refractivity contribution in [2.75, 3.05) is 32.9 Å². The van der Waals surface area contributed by atoms with Gasteiger partial charge in [-0.05, 0) is 13.0 Å². The standard InChI is InChI=1S/C16H20N2O4/c1-11(16(20)18-6-8-21-9-7-18)17-15(19)13-10-22-14-5-3-2-4-12(13)14/h2-5,11,13H,6-10H2,1H3,(H,17,19). The number of para-hydroxylation sites is 1. The molecule has 6 nitrogen and oxygen atoms in total. The van der Waals surface area contributed by atoms with Crippen molar-refractivity contribution in [2.24, 2.45) is 0 Å². The minimum Gasteiger partial charge on any atom is -0.492 e. The van der Waals surface area contributed by atoms with Gasteiger partial charge in [-0.15, -0.1) is 0 Å². The van der Waals surface area contributed by atoms with Crippen molar-refractivity contribution in [1.29, 1.82) is 0 Å². The summed E-state index contributed by atoms with van der Waals surface area (Å²) in [6.07, 6.45) is 0. The minimum absolute atomic E-state index is 0.0659. The zero-order valence-corrected chi connectivity index (χ0v) is 12.6. The Morgan fingerprint density at radius 1 is 1.27 bits per heavy atom. The van der Waals surface area contributed by atoms with Crippen molar-refractivity contribution in [3.8, 4) is 5.75 Å². The molecule has 22 heavy (non-hydrogen) atoms. The average molecular weight is 304 g/mol. The van der Waals surface area contributed by atoms with Crippen LogP contribution in [-0.4, -0.2) is 55.7 Å². The summed E-state index contributed by atoms with van der Waals surface area (Å²) in [5.74, 6) is 0.161. The van der Waals surface area contributed by atoms with Gasteiger partial charge in [-0.25, -0.2) is 0 Å². The van der Waals surface area contributed by atoms with E-state index in [0.717, 1.165) is 11.3 Å². The predicted molar refractivity (Wildman–Crippen MR) is 79.7 cm³/mol. The van der Waals surface area contributed by atoms with E-state index in [4.69, 9.17) is 9.47 Å². The second-order valence-corrected chi connectivity index (χ2v) is 5.57. The first-order chi connectivity index (χ1) is 10.7. The first-order valence-electron chi connectivity index (χ1n) is 7.55. The van der Waals surface area contributed by atoms with E-state index in [1.165, 1.54) is 0 Å². The maximum Gasteiger partial charge on any atom is 0.245 e. The number of rotatable bonds is 3. The molecule has 0 saturated carbocycles. The highest BCUT2D eigenvalue weighted by molar-refractivity contribution is 5.91. The molecule has 2 heterocycles. The van der Waals surface area contributed by atoms with Crippen LogP contribution in [0.3, 0.4) is 0 Å². The molecule has 1 aromatic carbocycles. The molecule has 3 rings (SSSR count). The molecule has 0 spiro atoms. The van der Waals surface area contributed by atoms with Crippen LogP contribution in [-0.2, 0) is 14.3 Å². The van der Waals surface area contributed by atoms with E-state index in [2.05, 4.69) is 5.32 Å². The van der Waals surface area contributed by atoms with Gasteiger partial charge in [-0.2, -0.15) is 0 Å². The van der Waals surface area contributed by atoms with Gasteiger partial charge in [0.2, 0.25) is 11.8 Å². The Bertz CT molecular complexity index is 569. The van der Waals surface area contributed by atoms with E-state index >= 15 is 0 Å². The summed E-state index contributed by atoms with van der Waals surface area (Å²) in [5.41, 5.74) is 0.881. The molecule has 0 radical (unpaired) electrons. The number of carbonyl (C=O) groups excluding carboxylic acids is 2. The van der Waals surface area contributed by atoms with Gasteiger partial charge in [-0.3, -0.25) is 9.59 Å². The van der Waals surface area contributed by atoms with Gasteiger partial charge in [0.25, 0.3) is 0 Å². The van der Waals surface area contributed by atoms with Gasteiger partial charge in [-0.1, -0.05) is 18.2 Å². The third kappa shape index (κ3) is 2.92. The van der Waals surface area contributed by atoms with Crippen LogP contribution in [0.5, 0.6) is 5.75 Å². The fourth-order valence-electron chi connectivity index (χ4n) is 2.81. The third-order valence-corrected chi connectivity index (χ3v) is 4.07. The lowest BCUT2D eigenvalue weighted by molar-refractivity contribution is -0.139. The van der Waals surface area contributed by atoms with Crippen LogP contribution in [0.4, 0.5) is 0 Å². The van der Waals surface area contributed by atoms with Crippen molar-refractivity contribution < 1.29 is 19.1 Å². The molecule has 2 atom stereocenters. The average Bonchev–Trinajstić information content (AvgIpc) is 2.99. The summed E-state index contributed by atoms with van der Waals surface area (Å²) in [7, 11) is 0. The Balaban J connectivity index is 1.61. The first kappa shape index (κ1) is 14.8. The quantitative estimate of drug-likeness (QED) is 0.884. The summed E-state index contributed by atoms with van der Waals surface area (Å²) in [6, 6.07) is 6.96. The highest BCUT2D eigenvalue weighted by Crippen LogP contribution is 2.33. The highest BCUT2D eigenvalue weighted by atomic mass is 16.5. The number of nitrogens with one attached hydrogen (secondary N) is 1. The monoisotopic (exact) mass is 304 g/mol. The SMILES string of the molecule is CC(NC(=O)C1COc2ccccc21)C(=O)N1CCOCC1. The lowest BCUT2D eigenvalue weighted by atomic mass is 10.00. The maximum atomic E-state index is 12.4. The van der Waals surface area contributed by atoms with Gasteiger partial charge in [0.15, 0.2) is 0 Å². The summed E-state index contributed by atoms with van der Waals surface area (Å²) in [4.78, 5) is 26.5. The van der Waals surface area contributed by atoms with Gasteiger partial charge in [0, 0.05) is 18.7 Å². The molecule has 2 amide bonds. The Labute approximate surface area is 129 Å². The molecule has 118 valence electrons. The van der Waals surface area contributed by atoms with Crippen LogP contribution >= 0.6 is 0 Å². The smallest absolute Gasteiger partial charge is 0.245 e. The number of hydrogen-bond donors (Lipinski definition) is 1. The van der Waals surface area contributed by atoms with E-state index in [-0.39, 0.29) is 17.7 Å². The van der Waals surface area contributed by atoms with E-state index in [1.807, 2.05) is 24.3 Å². The van der Waals surface area contributed by atoms with Crippen molar-refractivity contribution in [2.45, 2.75) is 18.9 Å². The number of amides is 2. The largest absolute Gasteiger partial charge is 0.492 e. The van der Waals surface area contributed by atoms with Gasteiger partial charge >= 0.3 is 0 Å². The molecular formula is C16H20N2O4. The second kappa shape index (κ2) is 6.36. The summed E-state index contributed by atoms with van der Waals surface area (Å²) in [6.45, 7) is 4.30. The Hall–Kier alpha value is -2.08. The molecule has 6 heteroatoms. The Morgan fingerprint density at radius 2 is 2.00 bits per heavy atom. The highest BCUT2D eigenvalue weighted by Gasteiger charge is 2.32. The number of fused-ring (bicyclic) bond motifs is 1. The molecule has 2 unspecified atom stereocenters. The van der Waals surface area contributed by atoms with E-state index in [0.29, 0.717) is 32.9 Å². The molecule has 2 aliphatic heterocycles. The Morgan fingerprint density at radius 3 is 2.77 bits per heavy atom. The lowest BCUT2D eigenvalue weighted by Crippen LogP contribution is -2.51. The molecule has 0 bridgehead atoms. The van der Waals surface area contributed by atoms with Crippen molar-refractivity contribution >= 4 is 11.8 Å². The van der Waals surface area contributed by atoms with Crippen molar-refractivity contribution in [3.05, 3.63) is 29.8 Å². The van der Waals surface area contributed by atoms with Crippen LogP contribution < -0.4 is 10.1 Å². The van der Waals surface area contributed by atoms with Gasteiger partial charge in [0.1, 0.15) is 24.3 Å². The van der Waals surface area contributed by atoms with E-state index in [1.54, 1.807) is 11.8 Å². The summed E-state index contributed by atoms with van der Waals surface area (Å²) < 4.78 is 10.8. The van der Waals surface area contributed by atoms with Crippen molar-refractivity contribution in [3.63, 3.8) is 0 Å². The number of benzene rings is 1. The van der Waals surface area contributed by atoms with Crippen LogP contribution in [0.2, 0.25) is 0 Å². The van der Waals surface area contributed by atoms with Crippen LogP contribution in [0.25, 0.3) is 0 Å². The Kier molecular flexibility index (Phi) is 4.29. The van der Waals surface area contributed by atoms with Gasteiger partial charge in [0.05, 0.1) is 13.2 Å². The summed E-state index contributed by atoms with van der Waals surface area (Å²) >= 11 is 0. The number of nitrogens with zero attached hydrogens (tertiary/aromatic N) is 1. The number of ether oxygens (including phenoxy) is 2. The molecule has 1 aromatic rings. The van der Waals surface area contributed by atoms with Crippen LogP contribution in [0.15, 0.2) is 24.3 Å². The molecule has 2 aliphatic rings. The normalized spacial score (nSPS) is 21.7. The van der Waals surface area contributed by atoms with Crippen LogP contribution in [0.1, 0.15) is 18.4 Å². The number of morpholine rings is 1. The zero-order valence-electron chi connectivity index (χ0n) is 12.6. The minimum atomic E-state index is -0.543. The van der Waals surface area contributed by atoms with E-state index in [9.17, 15) is 9.59 Å². The molecule has 1 saturated heterocycles. The third-order valence-electron chi connectivity index (χ3n) is 4.07. The predicted octanol–water partition coefficient (Wildman–Crippen LogP) is 0.526. The topological polar surface area (TPSA) is 67.9 Å². The second-order valence-electron chi connectivity index (χ2n) is 5.57. The zero-order chi connectivity index (χ0) is 15.5. The molecule has 0 aromatic heterocycles. The number of hydrogen-bond acceptors (Lipinski definition) is 4. The fourth-order valence-corrected chi connectivity index (χ4v) is 2.81. The lowest BCUT2D eigenvalue weighted by Gasteiger charge is -2.29. The first-order valence-corrected chi connectivity index (χ1v) is 7.55.